The number of benzene rings is 3. The molecule has 0 saturated heterocycles. The Morgan fingerprint density at radius 1 is 0.565 bits per heavy atom. The first-order valence-corrected chi connectivity index (χ1v) is 8.26. The molecule has 0 saturated carbocycles. The highest BCUT2D eigenvalue weighted by molar-refractivity contribution is 5.64. The summed E-state index contributed by atoms with van der Waals surface area (Å²) in [7, 11) is 0. The van der Waals surface area contributed by atoms with E-state index in [0.29, 0.717) is 0 Å². The van der Waals surface area contributed by atoms with Crippen molar-refractivity contribution in [3.8, 4) is 11.1 Å². The van der Waals surface area contributed by atoms with Gasteiger partial charge in [-0.1, -0.05) is 99.6 Å². The molecule has 3 rings (SSSR count). The summed E-state index contributed by atoms with van der Waals surface area (Å²) in [5.41, 5.74) is 6.85. The molecule has 0 fully saturated rings. The summed E-state index contributed by atoms with van der Waals surface area (Å²) in [5.74, 6) is 0. The first-order valence-electron chi connectivity index (χ1n) is 8.26. The van der Waals surface area contributed by atoms with Crippen LogP contribution in [0.5, 0.6) is 0 Å². The predicted molar refractivity (Wildman–Crippen MR) is 99.8 cm³/mol. The zero-order valence-corrected chi connectivity index (χ0v) is 14.2. The Morgan fingerprint density at radius 2 is 1.04 bits per heavy atom. The zero-order valence-electron chi connectivity index (χ0n) is 14.2. The van der Waals surface area contributed by atoms with Crippen molar-refractivity contribution in [3.05, 3.63) is 95.6 Å². The van der Waals surface area contributed by atoms with E-state index >= 15 is 0 Å². The molecule has 0 aliphatic carbocycles. The minimum atomic E-state index is 0.206. The van der Waals surface area contributed by atoms with Crippen LogP contribution in [0.2, 0.25) is 0 Å². The molecule has 23 heavy (non-hydrogen) atoms. The molecule has 0 heterocycles. The van der Waals surface area contributed by atoms with Gasteiger partial charge in [0.25, 0.3) is 0 Å². The van der Waals surface area contributed by atoms with E-state index in [4.69, 9.17) is 0 Å². The van der Waals surface area contributed by atoms with Crippen molar-refractivity contribution < 1.29 is 0 Å². The van der Waals surface area contributed by atoms with E-state index < -0.39 is 0 Å². The fourth-order valence-electron chi connectivity index (χ4n) is 2.81. The summed E-state index contributed by atoms with van der Waals surface area (Å²) in [4.78, 5) is 0. The van der Waals surface area contributed by atoms with Crippen molar-refractivity contribution in [2.24, 2.45) is 0 Å². The normalized spacial score (nSPS) is 11.4. The quantitative estimate of drug-likeness (QED) is 0.537. The summed E-state index contributed by atoms with van der Waals surface area (Å²) in [5, 5.41) is 0. The van der Waals surface area contributed by atoms with Crippen LogP contribution < -0.4 is 0 Å². The van der Waals surface area contributed by atoms with Gasteiger partial charge in [0.15, 0.2) is 0 Å². The SMILES string of the molecule is CC(C)(C)c1ccc(-c2ccc(Cc3ccccc3)cc2)cc1. The van der Waals surface area contributed by atoms with Gasteiger partial charge in [-0.2, -0.15) is 0 Å². The van der Waals surface area contributed by atoms with Gasteiger partial charge in [0, 0.05) is 0 Å². The molecule has 0 nitrogen and oxygen atoms in total. The topological polar surface area (TPSA) is 0 Å². The summed E-state index contributed by atoms with van der Waals surface area (Å²) < 4.78 is 0. The molecule has 0 aliphatic rings. The van der Waals surface area contributed by atoms with E-state index in [-0.39, 0.29) is 5.41 Å². The maximum atomic E-state index is 2.25. The van der Waals surface area contributed by atoms with Gasteiger partial charge in [0.1, 0.15) is 0 Å². The van der Waals surface area contributed by atoms with Gasteiger partial charge < -0.3 is 0 Å². The van der Waals surface area contributed by atoms with E-state index in [1.165, 1.54) is 27.8 Å². The number of rotatable bonds is 3. The molecule has 0 heteroatoms. The number of hydrogen-bond acceptors (Lipinski definition) is 0. The van der Waals surface area contributed by atoms with E-state index in [1.54, 1.807) is 0 Å². The van der Waals surface area contributed by atoms with Gasteiger partial charge in [-0.15, -0.1) is 0 Å². The maximum absolute atomic E-state index is 2.25. The Morgan fingerprint density at radius 3 is 1.57 bits per heavy atom. The molecule has 3 aromatic carbocycles. The summed E-state index contributed by atoms with van der Waals surface area (Å²) in [6, 6.07) is 28.5. The summed E-state index contributed by atoms with van der Waals surface area (Å²) in [6.07, 6.45) is 0.990. The van der Waals surface area contributed by atoms with Gasteiger partial charge in [-0.25, -0.2) is 0 Å². The van der Waals surface area contributed by atoms with Crippen molar-refractivity contribution in [3.63, 3.8) is 0 Å². The molecule has 0 amide bonds. The molecule has 116 valence electrons. The Balaban J connectivity index is 1.77. The minimum absolute atomic E-state index is 0.206. The highest BCUT2D eigenvalue weighted by Crippen LogP contribution is 2.26. The van der Waals surface area contributed by atoms with Crippen LogP contribution in [0, 0.1) is 0 Å². The predicted octanol–water partition coefficient (Wildman–Crippen LogP) is 6.24. The van der Waals surface area contributed by atoms with Crippen molar-refractivity contribution in [1.29, 1.82) is 0 Å². The van der Waals surface area contributed by atoms with Crippen molar-refractivity contribution in [2.45, 2.75) is 32.6 Å². The van der Waals surface area contributed by atoms with Crippen LogP contribution >= 0.6 is 0 Å². The average molecular weight is 300 g/mol. The molecule has 0 N–H and O–H groups in total. The third-order valence-corrected chi connectivity index (χ3v) is 4.29. The molecule has 0 radical (unpaired) electrons. The second-order valence-corrected chi connectivity index (χ2v) is 7.19. The van der Waals surface area contributed by atoms with Crippen LogP contribution in [-0.4, -0.2) is 0 Å². The van der Waals surface area contributed by atoms with Crippen molar-refractivity contribution in [2.75, 3.05) is 0 Å². The Bertz CT molecular complexity index is 742. The van der Waals surface area contributed by atoms with Crippen LogP contribution in [0.4, 0.5) is 0 Å². The molecule has 0 bridgehead atoms. The molecule has 3 aromatic rings. The molecule has 0 atom stereocenters. The molecule has 0 aromatic heterocycles. The molecular formula is C23H24. The van der Waals surface area contributed by atoms with Gasteiger partial charge in [-0.05, 0) is 39.7 Å². The van der Waals surface area contributed by atoms with Crippen LogP contribution in [0.25, 0.3) is 11.1 Å². The lowest BCUT2D eigenvalue weighted by Crippen LogP contribution is -2.10. The van der Waals surface area contributed by atoms with Crippen LogP contribution in [0.3, 0.4) is 0 Å². The smallest absolute Gasteiger partial charge is 0.00258 e. The van der Waals surface area contributed by atoms with Crippen molar-refractivity contribution in [1.82, 2.24) is 0 Å². The van der Waals surface area contributed by atoms with E-state index in [0.717, 1.165) is 6.42 Å². The Labute approximate surface area is 139 Å². The fourth-order valence-corrected chi connectivity index (χ4v) is 2.81. The molecule has 0 unspecified atom stereocenters. The minimum Gasteiger partial charge on any atom is -0.0622 e. The molecular weight excluding hydrogens is 276 g/mol. The monoisotopic (exact) mass is 300 g/mol. The van der Waals surface area contributed by atoms with Crippen molar-refractivity contribution >= 4 is 0 Å². The lowest BCUT2D eigenvalue weighted by Gasteiger charge is -2.19. The average Bonchev–Trinajstić information content (AvgIpc) is 2.56. The second-order valence-electron chi connectivity index (χ2n) is 7.19. The maximum Gasteiger partial charge on any atom is -0.00258 e. The van der Waals surface area contributed by atoms with Gasteiger partial charge >= 0.3 is 0 Å². The largest absolute Gasteiger partial charge is 0.0622 e. The van der Waals surface area contributed by atoms with E-state index in [9.17, 15) is 0 Å². The Hall–Kier alpha value is -2.34. The lowest BCUT2D eigenvalue weighted by molar-refractivity contribution is 0.590. The highest BCUT2D eigenvalue weighted by Gasteiger charge is 2.12. The summed E-state index contributed by atoms with van der Waals surface area (Å²) >= 11 is 0. The first-order chi connectivity index (χ1) is 11.0. The third kappa shape index (κ3) is 3.90. The Kier molecular flexibility index (Phi) is 4.34. The van der Waals surface area contributed by atoms with Gasteiger partial charge in [-0.3, -0.25) is 0 Å². The second kappa shape index (κ2) is 6.42. The standard InChI is InChI=1S/C23H24/c1-23(2,3)22-15-13-21(14-16-22)20-11-9-19(10-12-20)17-18-7-5-4-6-8-18/h4-16H,17H2,1-3H3. The first kappa shape index (κ1) is 15.6. The summed E-state index contributed by atoms with van der Waals surface area (Å²) in [6.45, 7) is 6.75. The van der Waals surface area contributed by atoms with Crippen LogP contribution in [-0.2, 0) is 11.8 Å². The lowest BCUT2D eigenvalue weighted by atomic mass is 9.86. The molecule has 0 aliphatic heterocycles. The van der Waals surface area contributed by atoms with Crippen LogP contribution in [0.1, 0.15) is 37.5 Å². The van der Waals surface area contributed by atoms with Crippen LogP contribution in [0.15, 0.2) is 78.9 Å². The van der Waals surface area contributed by atoms with Gasteiger partial charge in [0.2, 0.25) is 0 Å². The third-order valence-electron chi connectivity index (χ3n) is 4.29. The highest BCUT2D eigenvalue weighted by atomic mass is 14.2. The van der Waals surface area contributed by atoms with E-state index in [2.05, 4.69) is 99.6 Å². The molecule has 0 spiro atoms. The fraction of sp³-hybridized carbons (Fsp3) is 0.217. The van der Waals surface area contributed by atoms with E-state index in [1.807, 2.05) is 0 Å². The van der Waals surface area contributed by atoms with Gasteiger partial charge in [0.05, 0.1) is 0 Å². The zero-order chi connectivity index (χ0) is 16.3. The number of hydrogen-bond donors (Lipinski definition) is 0.